The smallest absolute Gasteiger partial charge is 0.339 e. The van der Waals surface area contributed by atoms with E-state index in [-0.39, 0.29) is 24.5 Å². The average Bonchev–Trinajstić information content (AvgIpc) is 2.56. The van der Waals surface area contributed by atoms with Gasteiger partial charge in [0.05, 0.1) is 19.4 Å². The molecule has 0 unspecified atom stereocenters. The van der Waals surface area contributed by atoms with E-state index in [4.69, 9.17) is 14.6 Å². The number of rotatable bonds is 8. The second-order valence-electron chi connectivity index (χ2n) is 4.44. The largest absolute Gasteiger partial charge is 0.493 e. The predicted molar refractivity (Wildman–Crippen MR) is 85.2 cm³/mol. The molecule has 0 bridgehead atoms. The number of aromatic carboxylic acids is 1. The van der Waals surface area contributed by atoms with Crippen molar-refractivity contribution in [3.05, 3.63) is 29.3 Å². The molecule has 0 aliphatic carbocycles. The molecule has 0 spiro atoms. The standard InChI is InChI=1S/C15H19N3O6/c1-3-24-12-5-4-10(8-11(12)15(21)22)9-17-18-14(20)13(19)16-6-7-23-2/h4-5,8-9H,3,6-7H2,1-2H3,(H,16,19)(H,18,20)(H,21,22)/b17-9-. The Hall–Kier alpha value is -2.94. The third-order valence-electron chi connectivity index (χ3n) is 2.71. The molecule has 0 aliphatic rings. The van der Waals surface area contributed by atoms with Gasteiger partial charge in [0.15, 0.2) is 0 Å². The molecule has 9 nitrogen and oxygen atoms in total. The van der Waals surface area contributed by atoms with Crippen molar-refractivity contribution in [2.75, 3.05) is 26.9 Å². The monoisotopic (exact) mass is 337 g/mol. The molecule has 1 rings (SSSR count). The zero-order valence-corrected chi connectivity index (χ0v) is 13.4. The number of carboxylic acid groups (broad SMARTS) is 1. The number of benzene rings is 1. The fourth-order valence-electron chi connectivity index (χ4n) is 1.64. The Balaban J connectivity index is 2.67. The lowest BCUT2D eigenvalue weighted by Gasteiger charge is -2.07. The van der Waals surface area contributed by atoms with Gasteiger partial charge in [0.1, 0.15) is 11.3 Å². The lowest BCUT2D eigenvalue weighted by molar-refractivity contribution is -0.139. The van der Waals surface area contributed by atoms with Crippen LogP contribution in [0.1, 0.15) is 22.8 Å². The first-order valence-corrected chi connectivity index (χ1v) is 7.09. The molecule has 130 valence electrons. The Kier molecular flexibility index (Phi) is 7.92. The molecular weight excluding hydrogens is 318 g/mol. The van der Waals surface area contributed by atoms with Crippen LogP contribution in [0, 0.1) is 0 Å². The lowest BCUT2D eigenvalue weighted by Crippen LogP contribution is -2.39. The minimum atomic E-state index is -1.14. The number of hydrogen-bond acceptors (Lipinski definition) is 6. The Morgan fingerprint density at radius 1 is 1.29 bits per heavy atom. The van der Waals surface area contributed by atoms with Gasteiger partial charge in [-0.15, -0.1) is 0 Å². The van der Waals surface area contributed by atoms with Gasteiger partial charge >= 0.3 is 17.8 Å². The van der Waals surface area contributed by atoms with Crippen molar-refractivity contribution in [2.45, 2.75) is 6.92 Å². The highest BCUT2D eigenvalue weighted by Crippen LogP contribution is 2.19. The topological polar surface area (TPSA) is 126 Å². The van der Waals surface area contributed by atoms with Crippen LogP contribution in [0.4, 0.5) is 0 Å². The van der Waals surface area contributed by atoms with E-state index in [0.717, 1.165) is 0 Å². The van der Waals surface area contributed by atoms with Gasteiger partial charge in [0.2, 0.25) is 0 Å². The first kappa shape index (κ1) is 19.1. The number of carbonyl (C=O) groups is 3. The number of nitrogens with zero attached hydrogens (tertiary/aromatic N) is 1. The molecule has 9 heteroatoms. The molecule has 24 heavy (non-hydrogen) atoms. The van der Waals surface area contributed by atoms with Crippen LogP contribution in [0.25, 0.3) is 0 Å². The number of nitrogens with one attached hydrogen (secondary N) is 2. The van der Waals surface area contributed by atoms with Crippen LogP contribution >= 0.6 is 0 Å². The van der Waals surface area contributed by atoms with Gasteiger partial charge in [-0.1, -0.05) is 0 Å². The SMILES string of the molecule is CCOc1ccc(/C=N\NC(=O)C(=O)NCCOC)cc1C(=O)O. The number of amides is 2. The van der Waals surface area contributed by atoms with Crippen molar-refractivity contribution in [3.8, 4) is 5.75 Å². The van der Waals surface area contributed by atoms with E-state index in [1.165, 1.54) is 25.5 Å². The summed E-state index contributed by atoms with van der Waals surface area (Å²) in [6.45, 7) is 2.57. The number of hydrogen-bond donors (Lipinski definition) is 3. The van der Waals surface area contributed by atoms with Gasteiger partial charge in [-0.25, -0.2) is 10.2 Å². The zero-order chi connectivity index (χ0) is 17.9. The van der Waals surface area contributed by atoms with Crippen LogP contribution in [0.15, 0.2) is 23.3 Å². The van der Waals surface area contributed by atoms with E-state index in [0.29, 0.717) is 12.2 Å². The van der Waals surface area contributed by atoms with E-state index in [9.17, 15) is 14.4 Å². The number of carbonyl (C=O) groups excluding carboxylic acids is 2. The van der Waals surface area contributed by atoms with Gasteiger partial charge in [-0.05, 0) is 30.7 Å². The molecule has 0 aromatic heterocycles. The van der Waals surface area contributed by atoms with Crippen molar-refractivity contribution in [1.29, 1.82) is 0 Å². The molecular formula is C15H19N3O6. The highest BCUT2D eigenvalue weighted by Gasteiger charge is 2.13. The van der Waals surface area contributed by atoms with Crippen molar-refractivity contribution in [2.24, 2.45) is 5.10 Å². The van der Waals surface area contributed by atoms with Gasteiger partial charge in [-0.2, -0.15) is 5.10 Å². The quantitative estimate of drug-likeness (QED) is 0.265. The molecule has 0 fully saturated rings. The Morgan fingerprint density at radius 2 is 2.04 bits per heavy atom. The van der Waals surface area contributed by atoms with E-state index >= 15 is 0 Å². The molecule has 2 amide bonds. The maximum Gasteiger partial charge on any atom is 0.339 e. The van der Waals surface area contributed by atoms with Crippen LogP contribution < -0.4 is 15.5 Å². The number of methoxy groups -OCH3 is 1. The van der Waals surface area contributed by atoms with Crippen LogP contribution in [0.3, 0.4) is 0 Å². The van der Waals surface area contributed by atoms with Crippen molar-refractivity contribution in [3.63, 3.8) is 0 Å². The van der Waals surface area contributed by atoms with Crippen LogP contribution in [-0.2, 0) is 14.3 Å². The highest BCUT2D eigenvalue weighted by atomic mass is 16.5. The molecule has 1 aromatic carbocycles. The maximum absolute atomic E-state index is 11.5. The Morgan fingerprint density at radius 3 is 2.67 bits per heavy atom. The number of carboxylic acids is 1. The Bertz CT molecular complexity index is 630. The third-order valence-corrected chi connectivity index (χ3v) is 2.71. The van der Waals surface area contributed by atoms with Crippen molar-refractivity contribution in [1.82, 2.24) is 10.7 Å². The predicted octanol–water partition coefficient (Wildman–Crippen LogP) is -0.00380. The summed E-state index contributed by atoms with van der Waals surface area (Å²) >= 11 is 0. The van der Waals surface area contributed by atoms with Crippen LogP contribution in [0.5, 0.6) is 5.75 Å². The lowest BCUT2D eigenvalue weighted by atomic mass is 10.1. The van der Waals surface area contributed by atoms with Crippen molar-refractivity contribution >= 4 is 24.0 Å². The second kappa shape index (κ2) is 9.95. The molecule has 0 atom stereocenters. The minimum absolute atomic E-state index is 0.0237. The zero-order valence-electron chi connectivity index (χ0n) is 13.4. The van der Waals surface area contributed by atoms with E-state index in [2.05, 4.69) is 10.4 Å². The van der Waals surface area contributed by atoms with Gasteiger partial charge in [0, 0.05) is 13.7 Å². The minimum Gasteiger partial charge on any atom is -0.493 e. The molecule has 0 saturated heterocycles. The van der Waals surface area contributed by atoms with Gasteiger partial charge in [-0.3, -0.25) is 9.59 Å². The summed E-state index contributed by atoms with van der Waals surface area (Å²) in [6, 6.07) is 4.42. The molecule has 0 saturated carbocycles. The fourth-order valence-corrected chi connectivity index (χ4v) is 1.64. The summed E-state index contributed by atoms with van der Waals surface area (Å²) in [4.78, 5) is 34.0. The number of hydrazone groups is 1. The second-order valence-corrected chi connectivity index (χ2v) is 4.44. The summed E-state index contributed by atoms with van der Waals surface area (Å²) in [5, 5.41) is 15.1. The molecule has 3 N–H and O–H groups in total. The summed E-state index contributed by atoms with van der Waals surface area (Å²) in [5.74, 6) is -2.69. The number of ether oxygens (including phenoxy) is 2. The molecule has 1 aromatic rings. The summed E-state index contributed by atoms with van der Waals surface area (Å²) in [5.41, 5.74) is 2.45. The summed E-state index contributed by atoms with van der Waals surface area (Å²) in [6.07, 6.45) is 1.22. The summed E-state index contributed by atoms with van der Waals surface area (Å²) in [7, 11) is 1.47. The molecule has 0 radical (unpaired) electrons. The van der Waals surface area contributed by atoms with E-state index in [1.54, 1.807) is 13.0 Å². The Labute approximate surface area is 138 Å². The first-order chi connectivity index (χ1) is 11.5. The third kappa shape index (κ3) is 6.05. The van der Waals surface area contributed by atoms with Crippen LogP contribution in [0.2, 0.25) is 0 Å². The van der Waals surface area contributed by atoms with E-state index < -0.39 is 17.8 Å². The van der Waals surface area contributed by atoms with Gasteiger partial charge in [0.25, 0.3) is 0 Å². The average molecular weight is 337 g/mol. The summed E-state index contributed by atoms with van der Waals surface area (Å²) < 4.78 is 9.95. The normalized spacial score (nSPS) is 10.4. The van der Waals surface area contributed by atoms with Crippen LogP contribution in [-0.4, -0.2) is 56.0 Å². The highest BCUT2D eigenvalue weighted by molar-refractivity contribution is 6.35. The van der Waals surface area contributed by atoms with E-state index in [1.807, 2.05) is 5.43 Å². The molecule has 0 aliphatic heterocycles. The maximum atomic E-state index is 11.5. The first-order valence-electron chi connectivity index (χ1n) is 7.09. The van der Waals surface area contributed by atoms with Crippen molar-refractivity contribution < 1.29 is 29.0 Å². The van der Waals surface area contributed by atoms with Gasteiger partial charge < -0.3 is 19.9 Å². The fraction of sp³-hybridized carbons (Fsp3) is 0.333. The molecule has 0 heterocycles.